The first-order chi connectivity index (χ1) is 10.1. The van der Waals surface area contributed by atoms with Gasteiger partial charge in [0.15, 0.2) is 0 Å². The van der Waals surface area contributed by atoms with Crippen molar-refractivity contribution < 1.29 is 4.92 Å². The molecule has 2 heterocycles. The molecule has 2 aromatic heterocycles. The summed E-state index contributed by atoms with van der Waals surface area (Å²) in [6, 6.07) is 7.55. The molecule has 7 nitrogen and oxygen atoms in total. The van der Waals surface area contributed by atoms with Crippen LogP contribution >= 0.6 is 0 Å². The van der Waals surface area contributed by atoms with Crippen molar-refractivity contribution in [2.45, 2.75) is 26.8 Å². The number of imidazole rings is 1. The summed E-state index contributed by atoms with van der Waals surface area (Å²) in [4.78, 5) is 15.3. The van der Waals surface area contributed by atoms with E-state index in [4.69, 9.17) is 0 Å². The zero-order chi connectivity index (χ0) is 15.0. The molecule has 1 aromatic carbocycles. The molecule has 0 radical (unpaired) electrons. The van der Waals surface area contributed by atoms with Gasteiger partial charge in [-0.05, 0) is 25.5 Å². The van der Waals surface area contributed by atoms with E-state index in [1.165, 1.54) is 0 Å². The molecule has 7 heteroatoms. The minimum absolute atomic E-state index is 0.0339. The normalized spacial score (nSPS) is 11.1. The van der Waals surface area contributed by atoms with Gasteiger partial charge in [-0.2, -0.15) is 5.10 Å². The van der Waals surface area contributed by atoms with Gasteiger partial charge in [0, 0.05) is 6.54 Å². The van der Waals surface area contributed by atoms with E-state index in [0.29, 0.717) is 18.1 Å². The summed E-state index contributed by atoms with van der Waals surface area (Å²) in [5, 5.41) is 15.7. The summed E-state index contributed by atoms with van der Waals surface area (Å²) in [7, 11) is 0. The van der Waals surface area contributed by atoms with E-state index in [1.807, 2.05) is 31.2 Å². The Kier molecular flexibility index (Phi) is 3.17. The van der Waals surface area contributed by atoms with Crippen molar-refractivity contribution >= 4 is 16.7 Å². The Morgan fingerprint density at radius 3 is 2.81 bits per heavy atom. The molecule has 0 saturated carbocycles. The fourth-order valence-corrected chi connectivity index (χ4v) is 2.51. The Hall–Kier alpha value is -2.70. The first-order valence-corrected chi connectivity index (χ1v) is 6.77. The Balaban J connectivity index is 2.32. The molecule has 0 fully saturated rings. The molecular weight excluding hydrogens is 270 g/mol. The Morgan fingerprint density at radius 2 is 2.10 bits per heavy atom. The van der Waals surface area contributed by atoms with Crippen LogP contribution in [0, 0.1) is 17.0 Å². The summed E-state index contributed by atoms with van der Waals surface area (Å²) in [5.41, 5.74) is 2.08. The monoisotopic (exact) mass is 285 g/mol. The van der Waals surface area contributed by atoms with Crippen molar-refractivity contribution in [1.82, 2.24) is 19.3 Å². The van der Waals surface area contributed by atoms with Crippen molar-refractivity contribution in [2.24, 2.45) is 0 Å². The molecule has 3 aromatic rings. The van der Waals surface area contributed by atoms with E-state index < -0.39 is 0 Å². The average Bonchev–Trinajstić information content (AvgIpc) is 3.00. The number of aryl methyl sites for hydroxylation is 2. The van der Waals surface area contributed by atoms with Crippen LogP contribution in [0.1, 0.15) is 19.0 Å². The second kappa shape index (κ2) is 5.01. The predicted octanol–water partition coefficient (Wildman–Crippen LogP) is 2.85. The fraction of sp³-hybridized carbons (Fsp3) is 0.286. The topological polar surface area (TPSA) is 78.8 Å². The van der Waals surface area contributed by atoms with Crippen LogP contribution in [-0.4, -0.2) is 24.3 Å². The van der Waals surface area contributed by atoms with Crippen molar-refractivity contribution in [2.75, 3.05) is 0 Å². The van der Waals surface area contributed by atoms with Crippen LogP contribution in [0.25, 0.3) is 16.9 Å². The van der Waals surface area contributed by atoms with E-state index in [-0.39, 0.29) is 10.6 Å². The smallest absolute Gasteiger partial charge is 0.277 e. The first kappa shape index (κ1) is 13.3. The number of para-hydroxylation sites is 2. The Bertz CT molecular complexity index is 818. The highest BCUT2D eigenvalue weighted by Crippen LogP contribution is 2.29. The maximum Gasteiger partial charge on any atom is 0.334 e. The lowest BCUT2D eigenvalue weighted by Crippen LogP contribution is -2.08. The quantitative estimate of drug-likeness (QED) is 0.545. The number of nitrogens with zero attached hydrogens (tertiary/aromatic N) is 5. The highest BCUT2D eigenvalue weighted by Gasteiger charge is 2.27. The third kappa shape index (κ3) is 2.06. The number of fused-ring (bicyclic) bond motifs is 1. The number of hydrogen-bond acceptors (Lipinski definition) is 4. The molecule has 0 spiro atoms. The molecule has 108 valence electrons. The van der Waals surface area contributed by atoms with Gasteiger partial charge in [0.05, 0.1) is 16.0 Å². The summed E-state index contributed by atoms with van der Waals surface area (Å²) in [6.45, 7) is 4.29. The molecule has 0 N–H and O–H groups in total. The number of nitro groups is 1. The molecule has 0 aliphatic carbocycles. The SMILES string of the molecule is CCCn1nc(C)c([N+](=O)[O-])c1-n1cnc2ccccc21. The van der Waals surface area contributed by atoms with E-state index in [2.05, 4.69) is 10.1 Å². The highest BCUT2D eigenvalue weighted by molar-refractivity contribution is 5.78. The maximum absolute atomic E-state index is 11.4. The molecule has 0 atom stereocenters. The van der Waals surface area contributed by atoms with Crippen molar-refractivity contribution in [3.8, 4) is 5.82 Å². The van der Waals surface area contributed by atoms with Crippen molar-refractivity contribution in [3.05, 3.63) is 46.4 Å². The molecule has 0 unspecified atom stereocenters. The maximum atomic E-state index is 11.4. The van der Waals surface area contributed by atoms with Gasteiger partial charge in [0.2, 0.25) is 5.82 Å². The van der Waals surface area contributed by atoms with Crippen LogP contribution in [0.2, 0.25) is 0 Å². The zero-order valence-electron chi connectivity index (χ0n) is 11.9. The fourth-order valence-electron chi connectivity index (χ4n) is 2.51. The third-order valence-electron chi connectivity index (χ3n) is 3.37. The van der Waals surface area contributed by atoms with Gasteiger partial charge < -0.3 is 0 Å². The Labute approximate surface area is 121 Å². The Morgan fingerprint density at radius 1 is 1.33 bits per heavy atom. The lowest BCUT2D eigenvalue weighted by molar-refractivity contribution is -0.385. The van der Waals surface area contributed by atoms with Gasteiger partial charge >= 0.3 is 5.69 Å². The van der Waals surface area contributed by atoms with E-state index in [0.717, 1.165) is 17.5 Å². The van der Waals surface area contributed by atoms with Gasteiger partial charge in [0.25, 0.3) is 0 Å². The minimum atomic E-state index is -0.376. The number of rotatable bonds is 4. The van der Waals surface area contributed by atoms with Gasteiger partial charge in [-0.3, -0.25) is 14.7 Å². The number of hydrogen-bond donors (Lipinski definition) is 0. The molecule has 0 saturated heterocycles. The molecule has 3 rings (SSSR count). The van der Waals surface area contributed by atoms with Crippen molar-refractivity contribution in [1.29, 1.82) is 0 Å². The number of aromatic nitrogens is 4. The van der Waals surface area contributed by atoms with E-state index in [9.17, 15) is 10.1 Å². The molecule has 0 aliphatic heterocycles. The van der Waals surface area contributed by atoms with Crippen LogP contribution in [0.5, 0.6) is 0 Å². The number of benzene rings is 1. The van der Waals surface area contributed by atoms with Gasteiger partial charge in [-0.1, -0.05) is 19.1 Å². The molecular formula is C14H15N5O2. The van der Waals surface area contributed by atoms with E-state index in [1.54, 1.807) is 22.5 Å². The summed E-state index contributed by atoms with van der Waals surface area (Å²) >= 11 is 0. The lowest BCUT2D eigenvalue weighted by atomic mass is 10.3. The standard InChI is InChI=1S/C14H15N5O2/c1-3-8-18-14(13(19(20)21)10(2)16-18)17-9-15-11-6-4-5-7-12(11)17/h4-7,9H,3,8H2,1-2H3. The summed E-state index contributed by atoms with van der Waals surface area (Å²) in [5.74, 6) is 0.466. The van der Waals surface area contributed by atoms with Gasteiger partial charge in [-0.25, -0.2) is 9.67 Å². The molecule has 0 bridgehead atoms. The summed E-state index contributed by atoms with van der Waals surface area (Å²) < 4.78 is 3.42. The van der Waals surface area contributed by atoms with E-state index >= 15 is 0 Å². The van der Waals surface area contributed by atoms with Crippen molar-refractivity contribution in [3.63, 3.8) is 0 Å². The van der Waals surface area contributed by atoms with Crippen LogP contribution in [0.3, 0.4) is 0 Å². The minimum Gasteiger partial charge on any atom is -0.277 e. The van der Waals surface area contributed by atoms with Crippen LogP contribution in [-0.2, 0) is 6.54 Å². The van der Waals surface area contributed by atoms with Crippen LogP contribution in [0.4, 0.5) is 5.69 Å². The molecule has 0 aliphatic rings. The molecule has 21 heavy (non-hydrogen) atoms. The van der Waals surface area contributed by atoms with Crippen LogP contribution < -0.4 is 0 Å². The zero-order valence-corrected chi connectivity index (χ0v) is 11.9. The third-order valence-corrected chi connectivity index (χ3v) is 3.37. The first-order valence-electron chi connectivity index (χ1n) is 6.77. The predicted molar refractivity (Wildman–Crippen MR) is 78.5 cm³/mol. The summed E-state index contributed by atoms with van der Waals surface area (Å²) in [6.07, 6.45) is 2.46. The highest BCUT2D eigenvalue weighted by atomic mass is 16.6. The second-order valence-electron chi connectivity index (χ2n) is 4.84. The average molecular weight is 285 g/mol. The lowest BCUT2D eigenvalue weighted by Gasteiger charge is -2.07. The second-order valence-corrected chi connectivity index (χ2v) is 4.84. The van der Waals surface area contributed by atoms with Crippen LogP contribution in [0.15, 0.2) is 30.6 Å². The largest absolute Gasteiger partial charge is 0.334 e. The van der Waals surface area contributed by atoms with Gasteiger partial charge in [0.1, 0.15) is 12.0 Å². The van der Waals surface area contributed by atoms with Gasteiger partial charge in [-0.15, -0.1) is 0 Å². The molecule has 0 amide bonds.